The van der Waals surface area contributed by atoms with E-state index in [0.717, 1.165) is 34.9 Å². The number of nitrogens with one attached hydrogen (secondary N) is 4. The Morgan fingerprint density at radius 3 is 2.52 bits per heavy atom. The van der Waals surface area contributed by atoms with Crippen LogP contribution in [-0.2, 0) is 16.0 Å². The van der Waals surface area contributed by atoms with E-state index in [-0.39, 0.29) is 11.8 Å². The summed E-state index contributed by atoms with van der Waals surface area (Å²) in [6.45, 7) is 4.00. The van der Waals surface area contributed by atoms with E-state index in [1.807, 2.05) is 74.6 Å². The molecule has 1 amide bonds. The normalized spacial score (nSPS) is 13.7. The topological polar surface area (TPSA) is 86.0 Å². The molecule has 1 heterocycles. The number of aromatic nitrogens is 1. The maximum Gasteiger partial charge on any atom is 0.243 e. The number of aldehydes is 1. The van der Waals surface area contributed by atoms with E-state index in [4.69, 9.17) is 12.2 Å². The number of aromatic amines is 1. The molecule has 2 aromatic carbocycles. The average molecular weight is 437 g/mol. The molecule has 0 fully saturated rings. The summed E-state index contributed by atoms with van der Waals surface area (Å²) in [6.07, 6.45) is 3.87. The molecule has 0 radical (unpaired) electrons. The minimum absolute atomic E-state index is 0.0240. The number of fused-ring (bicyclic) bond motifs is 1. The van der Waals surface area contributed by atoms with Crippen LogP contribution in [0.15, 0.2) is 60.8 Å². The lowest BCUT2D eigenvalue weighted by Gasteiger charge is -2.26. The van der Waals surface area contributed by atoms with E-state index in [9.17, 15) is 9.59 Å². The quantitative estimate of drug-likeness (QED) is 0.303. The first kappa shape index (κ1) is 22.5. The molecule has 0 saturated heterocycles. The maximum atomic E-state index is 13.1. The van der Waals surface area contributed by atoms with Crippen molar-refractivity contribution in [3.8, 4) is 0 Å². The Morgan fingerprint density at radius 1 is 1.10 bits per heavy atom. The fraction of sp³-hybridized carbons (Fsp3) is 0.292. The van der Waals surface area contributed by atoms with Gasteiger partial charge in [0.25, 0.3) is 0 Å². The van der Waals surface area contributed by atoms with Crippen LogP contribution in [0.25, 0.3) is 10.9 Å². The first-order valence-electron chi connectivity index (χ1n) is 10.4. The molecular formula is C24H28N4O2S. The number of thiocarbonyl (C=S) groups is 1. The molecule has 0 spiro atoms. The van der Waals surface area contributed by atoms with E-state index >= 15 is 0 Å². The molecule has 0 aliphatic carbocycles. The third-order valence-electron chi connectivity index (χ3n) is 5.42. The number of hydrogen-bond acceptors (Lipinski definition) is 3. The van der Waals surface area contributed by atoms with Gasteiger partial charge in [-0.2, -0.15) is 0 Å². The molecule has 0 aliphatic heterocycles. The minimum Gasteiger partial charge on any atom is -0.361 e. The SMILES string of the molecule is CC[C@H](C)[C@H](NC(=S)Nc1ccccc1)C(=O)N[C@H](C=O)Cc1c[nH]c2ccccc12. The molecular weight excluding hydrogens is 408 g/mol. The Morgan fingerprint density at radius 2 is 1.81 bits per heavy atom. The highest BCUT2D eigenvalue weighted by Gasteiger charge is 2.27. The van der Waals surface area contributed by atoms with Gasteiger partial charge in [-0.05, 0) is 41.9 Å². The van der Waals surface area contributed by atoms with Gasteiger partial charge < -0.3 is 25.7 Å². The van der Waals surface area contributed by atoms with Crippen molar-refractivity contribution in [1.29, 1.82) is 0 Å². The molecule has 0 saturated carbocycles. The number of carbonyl (C=O) groups is 2. The van der Waals surface area contributed by atoms with Gasteiger partial charge in [-0.1, -0.05) is 56.7 Å². The summed E-state index contributed by atoms with van der Waals surface area (Å²) in [5.74, 6) is -0.223. The summed E-state index contributed by atoms with van der Waals surface area (Å²) >= 11 is 5.41. The Hall–Kier alpha value is -3.19. The summed E-state index contributed by atoms with van der Waals surface area (Å²) < 4.78 is 0. The van der Waals surface area contributed by atoms with Crippen LogP contribution < -0.4 is 16.0 Å². The predicted molar refractivity (Wildman–Crippen MR) is 129 cm³/mol. The summed E-state index contributed by atoms with van der Waals surface area (Å²) in [7, 11) is 0. The van der Waals surface area contributed by atoms with Crippen molar-refractivity contribution < 1.29 is 9.59 Å². The summed E-state index contributed by atoms with van der Waals surface area (Å²) in [5, 5.41) is 10.5. The van der Waals surface area contributed by atoms with Crippen LogP contribution >= 0.6 is 12.2 Å². The molecule has 3 aromatic rings. The molecule has 3 atom stereocenters. The maximum absolute atomic E-state index is 13.1. The van der Waals surface area contributed by atoms with Crippen LogP contribution in [0.2, 0.25) is 0 Å². The zero-order valence-corrected chi connectivity index (χ0v) is 18.5. The standard InChI is InChI=1S/C24H28N4O2S/c1-3-16(2)22(28-24(31)27-18-9-5-4-6-10-18)23(30)26-19(15-29)13-17-14-25-21-12-8-7-11-20(17)21/h4-12,14-16,19,22,25H,3,13H2,1-2H3,(H,26,30)(H2,27,28,31)/t16-,19-,22-/m0/s1. The lowest BCUT2D eigenvalue weighted by Crippen LogP contribution is -2.54. The van der Waals surface area contributed by atoms with Crippen molar-refractivity contribution in [2.24, 2.45) is 5.92 Å². The third-order valence-corrected chi connectivity index (χ3v) is 5.64. The Bertz CT molecular complexity index is 1030. The van der Waals surface area contributed by atoms with Gasteiger partial charge in [-0.3, -0.25) is 4.79 Å². The number of para-hydroxylation sites is 2. The molecule has 6 nitrogen and oxygen atoms in total. The number of rotatable bonds is 9. The van der Waals surface area contributed by atoms with Crippen molar-refractivity contribution in [2.45, 2.75) is 38.8 Å². The summed E-state index contributed by atoms with van der Waals surface area (Å²) in [6, 6.07) is 16.2. The highest BCUT2D eigenvalue weighted by Crippen LogP contribution is 2.19. The molecule has 31 heavy (non-hydrogen) atoms. The van der Waals surface area contributed by atoms with Crippen molar-refractivity contribution in [2.75, 3.05) is 5.32 Å². The lowest BCUT2D eigenvalue weighted by atomic mass is 9.97. The number of carbonyl (C=O) groups excluding carboxylic acids is 2. The highest BCUT2D eigenvalue weighted by atomic mass is 32.1. The Balaban J connectivity index is 1.66. The van der Waals surface area contributed by atoms with Gasteiger partial charge in [0, 0.05) is 29.2 Å². The van der Waals surface area contributed by atoms with Gasteiger partial charge in [0.2, 0.25) is 5.91 Å². The highest BCUT2D eigenvalue weighted by molar-refractivity contribution is 7.80. The van der Waals surface area contributed by atoms with E-state index in [2.05, 4.69) is 20.9 Å². The van der Waals surface area contributed by atoms with Gasteiger partial charge in [0.15, 0.2) is 5.11 Å². The molecule has 162 valence electrons. The van der Waals surface area contributed by atoms with Crippen LogP contribution in [0.1, 0.15) is 25.8 Å². The zero-order valence-electron chi connectivity index (χ0n) is 17.7. The first-order chi connectivity index (χ1) is 15.0. The molecule has 3 rings (SSSR count). The second-order valence-electron chi connectivity index (χ2n) is 7.64. The van der Waals surface area contributed by atoms with E-state index in [0.29, 0.717) is 11.5 Å². The van der Waals surface area contributed by atoms with Crippen molar-refractivity contribution in [3.63, 3.8) is 0 Å². The fourth-order valence-corrected chi connectivity index (χ4v) is 3.72. The molecule has 0 bridgehead atoms. The van der Waals surface area contributed by atoms with Crippen LogP contribution in [0, 0.1) is 5.92 Å². The van der Waals surface area contributed by atoms with Gasteiger partial charge in [-0.25, -0.2) is 0 Å². The fourth-order valence-electron chi connectivity index (χ4n) is 3.47. The summed E-state index contributed by atoms with van der Waals surface area (Å²) in [5.41, 5.74) is 2.83. The average Bonchev–Trinajstić information content (AvgIpc) is 3.20. The van der Waals surface area contributed by atoms with E-state index in [1.165, 1.54) is 0 Å². The first-order valence-corrected chi connectivity index (χ1v) is 10.9. The largest absolute Gasteiger partial charge is 0.361 e. The van der Waals surface area contributed by atoms with Crippen molar-refractivity contribution >= 4 is 46.1 Å². The lowest BCUT2D eigenvalue weighted by molar-refractivity contribution is -0.126. The number of anilines is 1. The summed E-state index contributed by atoms with van der Waals surface area (Å²) in [4.78, 5) is 28.0. The minimum atomic E-state index is -0.629. The van der Waals surface area contributed by atoms with Gasteiger partial charge in [0.1, 0.15) is 12.3 Å². The molecule has 0 unspecified atom stereocenters. The van der Waals surface area contributed by atoms with Crippen LogP contribution in [0.4, 0.5) is 5.69 Å². The van der Waals surface area contributed by atoms with Crippen LogP contribution in [0.3, 0.4) is 0 Å². The number of H-pyrrole nitrogens is 1. The van der Waals surface area contributed by atoms with Crippen molar-refractivity contribution in [3.05, 3.63) is 66.4 Å². The molecule has 4 N–H and O–H groups in total. The molecule has 7 heteroatoms. The van der Waals surface area contributed by atoms with Crippen LogP contribution in [-0.4, -0.2) is 34.4 Å². The smallest absolute Gasteiger partial charge is 0.243 e. The zero-order chi connectivity index (χ0) is 22.2. The van der Waals surface area contributed by atoms with Gasteiger partial charge >= 0.3 is 0 Å². The van der Waals surface area contributed by atoms with Crippen LogP contribution in [0.5, 0.6) is 0 Å². The number of amides is 1. The second kappa shape index (κ2) is 10.7. The van der Waals surface area contributed by atoms with Crippen molar-refractivity contribution in [1.82, 2.24) is 15.6 Å². The van der Waals surface area contributed by atoms with Gasteiger partial charge in [-0.15, -0.1) is 0 Å². The molecule has 1 aromatic heterocycles. The predicted octanol–water partition coefficient (Wildman–Crippen LogP) is 3.80. The molecule has 0 aliphatic rings. The number of hydrogen-bond donors (Lipinski definition) is 4. The third kappa shape index (κ3) is 5.92. The van der Waals surface area contributed by atoms with E-state index in [1.54, 1.807) is 0 Å². The second-order valence-corrected chi connectivity index (χ2v) is 8.05. The Labute approximate surface area is 187 Å². The Kier molecular flexibility index (Phi) is 7.78. The number of benzene rings is 2. The van der Waals surface area contributed by atoms with E-state index < -0.39 is 12.1 Å². The van der Waals surface area contributed by atoms with Gasteiger partial charge in [0.05, 0.1) is 6.04 Å². The monoisotopic (exact) mass is 436 g/mol.